The summed E-state index contributed by atoms with van der Waals surface area (Å²) in [5.41, 5.74) is 0.746. The van der Waals surface area contributed by atoms with Crippen molar-refractivity contribution in [3.63, 3.8) is 0 Å². The van der Waals surface area contributed by atoms with Crippen LogP contribution in [0.3, 0.4) is 0 Å². The molecule has 0 saturated heterocycles. The van der Waals surface area contributed by atoms with E-state index in [9.17, 15) is 4.79 Å². The van der Waals surface area contributed by atoms with Gasteiger partial charge < -0.3 is 19.6 Å². The minimum atomic E-state index is -0.906. The number of carbonyl (C=O) groups is 1. The van der Waals surface area contributed by atoms with Crippen LogP contribution in [-0.2, 0) is 4.79 Å². The Balaban J connectivity index is 2.24. The highest BCUT2D eigenvalue weighted by Gasteiger charge is 2.10. The first-order valence-electron chi connectivity index (χ1n) is 5.63. The van der Waals surface area contributed by atoms with Crippen LogP contribution in [0.15, 0.2) is 23.4 Å². The van der Waals surface area contributed by atoms with Gasteiger partial charge in [-0.3, -0.25) is 4.79 Å². The molecule has 0 aliphatic heterocycles. The average Bonchev–Trinajstić information content (AvgIpc) is 2.93. The number of carboxylic acid groups (broad SMARTS) is 1. The summed E-state index contributed by atoms with van der Waals surface area (Å²) in [6.07, 6.45) is 0. The Morgan fingerprint density at radius 1 is 1.25 bits per heavy atom. The number of aromatic nitrogens is 3. The van der Waals surface area contributed by atoms with Crippen LogP contribution >= 0.6 is 11.8 Å². The Morgan fingerprint density at radius 2 is 1.90 bits per heavy atom. The number of methoxy groups -OCH3 is 2. The normalized spacial score (nSPS) is 10.3. The minimum absolute atomic E-state index is 0.0733. The number of nitrogens with one attached hydrogen (secondary N) is 1. The number of aliphatic carboxylic acids is 1. The molecule has 2 N–H and O–H groups in total. The van der Waals surface area contributed by atoms with E-state index < -0.39 is 5.97 Å². The largest absolute Gasteiger partial charge is 0.497 e. The highest BCUT2D eigenvalue weighted by Crippen LogP contribution is 2.28. The molecule has 0 unspecified atom stereocenters. The van der Waals surface area contributed by atoms with Crippen LogP contribution in [0.4, 0.5) is 0 Å². The zero-order chi connectivity index (χ0) is 14.5. The first kappa shape index (κ1) is 14.2. The molecule has 0 bridgehead atoms. The molecule has 106 valence electrons. The predicted octanol–water partition coefficient (Wildman–Crippen LogP) is 1.67. The van der Waals surface area contributed by atoms with E-state index in [1.807, 2.05) is 0 Å². The summed E-state index contributed by atoms with van der Waals surface area (Å²) in [6.45, 7) is 0. The second-order valence-corrected chi connectivity index (χ2v) is 4.73. The van der Waals surface area contributed by atoms with Crippen molar-refractivity contribution in [2.24, 2.45) is 0 Å². The molecule has 0 spiro atoms. The van der Waals surface area contributed by atoms with Gasteiger partial charge in [0, 0.05) is 11.6 Å². The Bertz CT molecular complexity index is 592. The van der Waals surface area contributed by atoms with Crippen molar-refractivity contribution in [3.05, 3.63) is 18.2 Å². The summed E-state index contributed by atoms with van der Waals surface area (Å²) >= 11 is 1.07. The molecule has 2 rings (SSSR count). The van der Waals surface area contributed by atoms with Crippen LogP contribution in [0.5, 0.6) is 11.5 Å². The van der Waals surface area contributed by atoms with Crippen molar-refractivity contribution >= 4 is 17.7 Å². The van der Waals surface area contributed by atoms with Gasteiger partial charge in [0.15, 0.2) is 11.0 Å². The quantitative estimate of drug-likeness (QED) is 0.782. The van der Waals surface area contributed by atoms with Crippen LogP contribution < -0.4 is 9.47 Å². The summed E-state index contributed by atoms with van der Waals surface area (Å²) in [4.78, 5) is 13.5. The minimum Gasteiger partial charge on any atom is -0.497 e. The van der Waals surface area contributed by atoms with E-state index in [0.717, 1.165) is 17.3 Å². The van der Waals surface area contributed by atoms with Gasteiger partial charge in [-0.1, -0.05) is 11.8 Å². The molecule has 0 aliphatic carbocycles. The lowest BCUT2D eigenvalue weighted by Gasteiger charge is -2.06. The predicted molar refractivity (Wildman–Crippen MR) is 73.3 cm³/mol. The molecular weight excluding hydrogens is 282 g/mol. The monoisotopic (exact) mass is 295 g/mol. The maximum Gasteiger partial charge on any atom is 0.313 e. The Hall–Kier alpha value is -2.22. The SMILES string of the molecule is COc1cc(OC)cc(-c2nnc(SCC(=O)O)[nH]2)c1. The van der Waals surface area contributed by atoms with Gasteiger partial charge in [-0.05, 0) is 12.1 Å². The lowest BCUT2D eigenvalue weighted by atomic mass is 10.2. The molecule has 0 amide bonds. The van der Waals surface area contributed by atoms with Gasteiger partial charge in [0.2, 0.25) is 0 Å². The summed E-state index contributed by atoms with van der Waals surface area (Å²) in [5.74, 6) is 0.813. The first-order valence-corrected chi connectivity index (χ1v) is 6.61. The lowest BCUT2D eigenvalue weighted by molar-refractivity contribution is -0.133. The number of rotatable bonds is 6. The summed E-state index contributed by atoms with van der Waals surface area (Å²) in [7, 11) is 3.13. The molecule has 0 saturated carbocycles. The Labute approximate surface area is 119 Å². The molecule has 8 heteroatoms. The highest BCUT2D eigenvalue weighted by atomic mass is 32.2. The molecule has 1 heterocycles. The highest BCUT2D eigenvalue weighted by molar-refractivity contribution is 7.99. The van der Waals surface area contributed by atoms with E-state index in [4.69, 9.17) is 14.6 Å². The molecule has 2 aromatic rings. The fourth-order valence-corrected chi connectivity index (χ4v) is 2.04. The molecule has 1 aromatic carbocycles. The van der Waals surface area contributed by atoms with E-state index in [2.05, 4.69) is 15.2 Å². The fourth-order valence-electron chi connectivity index (χ4n) is 1.52. The second kappa shape index (κ2) is 6.29. The van der Waals surface area contributed by atoms with Crippen molar-refractivity contribution in [1.29, 1.82) is 0 Å². The number of carboxylic acids is 1. The third-order valence-electron chi connectivity index (χ3n) is 2.42. The van der Waals surface area contributed by atoms with Crippen molar-refractivity contribution < 1.29 is 19.4 Å². The number of hydrogen-bond donors (Lipinski definition) is 2. The van der Waals surface area contributed by atoms with Gasteiger partial charge in [0.25, 0.3) is 0 Å². The van der Waals surface area contributed by atoms with Crippen LogP contribution in [0, 0.1) is 0 Å². The van der Waals surface area contributed by atoms with E-state index in [0.29, 0.717) is 22.5 Å². The fraction of sp³-hybridized carbons (Fsp3) is 0.250. The Kier molecular flexibility index (Phi) is 4.46. The molecule has 0 radical (unpaired) electrons. The zero-order valence-electron chi connectivity index (χ0n) is 10.9. The van der Waals surface area contributed by atoms with Crippen LogP contribution in [-0.4, -0.2) is 46.2 Å². The van der Waals surface area contributed by atoms with Crippen molar-refractivity contribution in [3.8, 4) is 22.9 Å². The number of thioether (sulfide) groups is 1. The Morgan fingerprint density at radius 3 is 2.45 bits per heavy atom. The number of hydrogen-bond acceptors (Lipinski definition) is 6. The topological polar surface area (TPSA) is 97.3 Å². The molecule has 1 aromatic heterocycles. The number of nitrogens with zero attached hydrogens (tertiary/aromatic N) is 2. The summed E-state index contributed by atoms with van der Waals surface area (Å²) < 4.78 is 10.4. The number of benzene rings is 1. The van der Waals surface area contributed by atoms with Gasteiger partial charge in [-0.25, -0.2) is 0 Å². The number of aromatic amines is 1. The first-order chi connectivity index (χ1) is 9.62. The van der Waals surface area contributed by atoms with Gasteiger partial charge in [0.05, 0.1) is 20.0 Å². The van der Waals surface area contributed by atoms with Crippen molar-refractivity contribution in [2.45, 2.75) is 5.16 Å². The van der Waals surface area contributed by atoms with Crippen molar-refractivity contribution in [1.82, 2.24) is 15.2 Å². The van der Waals surface area contributed by atoms with E-state index in [1.165, 1.54) is 0 Å². The third kappa shape index (κ3) is 3.41. The van der Waals surface area contributed by atoms with Gasteiger partial charge in [0.1, 0.15) is 11.5 Å². The maximum absolute atomic E-state index is 10.5. The van der Waals surface area contributed by atoms with Crippen LogP contribution in [0.25, 0.3) is 11.4 Å². The van der Waals surface area contributed by atoms with Gasteiger partial charge >= 0.3 is 5.97 Å². The number of ether oxygens (including phenoxy) is 2. The summed E-state index contributed by atoms with van der Waals surface area (Å²) in [5, 5.41) is 16.9. The van der Waals surface area contributed by atoms with Crippen LogP contribution in [0.2, 0.25) is 0 Å². The smallest absolute Gasteiger partial charge is 0.313 e. The molecule has 20 heavy (non-hydrogen) atoms. The molecule has 0 fully saturated rings. The summed E-state index contributed by atoms with van der Waals surface area (Å²) in [6, 6.07) is 5.32. The maximum atomic E-state index is 10.5. The lowest BCUT2D eigenvalue weighted by Crippen LogP contribution is -1.97. The molecular formula is C12H13N3O4S. The average molecular weight is 295 g/mol. The van der Waals surface area contributed by atoms with Gasteiger partial charge in [-0.2, -0.15) is 0 Å². The standard InChI is InChI=1S/C12H13N3O4S/c1-18-8-3-7(4-9(5-8)19-2)11-13-12(15-14-11)20-6-10(16)17/h3-5H,6H2,1-2H3,(H,16,17)(H,13,14,15). The molecule has 0 aliphatic rings. The van der Waals surface area contributed by atoms with E-state index in [-0.39, 0.29) is 5.75 Å². The number of H-pyrrole nitrogens is 1. The van der Waals surface area contributed by atoms with Crippen molar-refractivity contribution in [2.75, 3.05) is 20.0 Å². The van der Waals surface area contributed by atoms with E-state index in [1.54, 1.807) is 32.4 Å². The second-order valence-electron chi connectivity index (χ2n) is 3.76. The van der Waals surface area contributed by atoms with E-state index >= 15 is 0 Å². The van der Waals surface area contributed by atoms with Crippen LogP contribution in [0.1, 0.15) is 0 Å². The zero-order valence-corrected chi connectivity index (χ0v) is 11.7. The molecule has 0 atom stereocenters. The third-order valence-corrected chi connectivity index (χ3v) is 3.27. The van der Waals surface area contributed by atoms with Gasteiger partial charge in [-0.15, -0.1) is 10.2 Å². The molecule has 7 nitrogen and oxygen atoms in total.